The number of esters is 2. The van der Waals surface area contributed by atoms with Crippen molar-refractivity contribution in [3.05, 3.63) is 154 Å². The first-order valence-corrected chi connectivity index (χ1v) is 49.5. The van der Waals surface area contributed by atoms with E-state index in [1.807, 2.05) is 94.4 Å². The van der Waals surface area contributed by atoms with E-state index in [0.29, 0.717) is 45.4 Å². The molecule has 2 aromatic rings. The molecule has 19 nitrogen and oxygen atoms in total. The fourth-order valence-corrected chi connectivity index (χ4v) is 36.5. The average molecular weight is 1740 g/mol. The molecule has 11 aliphatic rings. The topological polar surface area (TPSA) is 328 Å². The van der Waals surface area contributed by atoms with E-state index in [0.717, 1.165) is 11.1 Å². The Kier molecular flexibility index (Phi) is 31.5. The Morgan fingerprint density at radius 1 is 0.555 bits per heavy atom. The number of fused-ring (bicyclic) bond motifs is 13. The van der Waals surface area contributed by atoms with Gasteiger partial charge in [0, 0.05) is 178 Å². The van der Waals surface area contributed by atoms with Crippen molar-refractivity contribution in [3.63, 3.8) is 0 Å². The summed E-state index contributed by atoms with van der Waals surface area (Å²) in [5.41, 5.74) is -8.07. The van der Waals surface area contributed by atoms with E-state index < -0.39 is 133 Å². The summed E-state index contributed by atoms with van der Waals surface area (Å²) >= 11 is 9.31. The zero-order valence-corrected chi connectivity index (χ0v) is 71.8. The lowest BCUT2D eigenvalue weighted by Gasteiger charge is -2.56. The van der Waals surface area contributed by atoms with Crippen LogP contribution in [0.25, 0.3) is 0 Å². The van der Waals surface area contributed by atoms with Crippen LogP contribution in [0.15, 0.2) is 153 Å². The highest BCUT2D eigenvalue weighted by atomic mass is 33.4. The van der Waals surface area contributed by atoms with Crippen molar-refractivity contribution < 1.29 is 84.2 Å². The molecule has 1 heterocycles. The first kappa shape index (κ1) is 93.7. The lowest BCUT2D eigenvalue weighted by molar-refractivity contribution is -0.225. The van der Waals surface area contributed by atoms with E-state index in [9.17, 15) is 74.7 Å². The van der Waals surface area contributed by atoms with Crippen molar-refractivity contribution in [1.82, 2.24) is 0 Å². The molecule has 22 atom stereocenters. The van der Waals surface area contributed by atoms with Crippen LogP contribution in [-0.2, 0) is 145 Å². The van der Waals surface area contributed by atoms with Gasteiger partial charge in [0.15, 0.2) is 17.3 Å². The molecule has 0 spiro atoms. The molecule has 608 valence electrons. The van der Waals surface area contributed by atoms with Gasteiger partial charge in [-0.05, 0) is 110 Å². The molecule has 110 heavy (non-hydrogen) atoms. The van der Waals surface area contributed by atoms with Gasteiger partial charge in [0.1, 0.15) is 28.2 Å². The molecule has 2 aromatic carbocycles. The summed E-state index contributed by atoms with van der Waals surface area (Å²) in [6.45, 7) is 23.0. The maximum absolute atomic E-state index is 13.1. The number of Topliss-reactive ketones (excluding diaryl/α,β-unsaturated/α-hetero) is 4. The number of azo groups is 1. The normalized spacial score (nSPS) is 37.0. The molecule has 0 saturated heterocycles. The van der Waals surface area contributed by atoms with E-state index in [-0.39, 0.29) is 125 Å². The zero-order chi connectivity index (χ0) is 79.9. The Balaban J connectivity index is 0.000000240. The van der Waals surface area contributed by atoms with Crippen LogP contribution < -0.4 is 0 Å². The number of hydrogen-bond donors (Lipinski definition) is 9. The highest BCUT2D eigenvalue weighted by molar-refractivity contribution is 8.73. The second kappa shape index (κ2) is 37.0. The second-order valence-electron chi connectivity index (χ2n) is 31.6. The van der Waals surface area contributed by atoms with Crippen LogP contribution in [0.2, 0.25) is 0 Å². The van der Waals surface area contributed by atoms with Gasteiger partial charge in [-0.15, -0.1) is 22.9 Å². The summed E-state index contributed by atoms with van der Waals surface area (Å²) in [5.74, 6) is -8.93. The highest BCUT2D eigenvalue weighted by Crippen LogP contribution is 2.77. The van der Waals surface area contributed by atoms with E-state index in [4.69, 9.17) is 10.8 Å². The first-order chi connectivity index (χ1) is 50.7. The molecule has 0 bridgehead atoms. The van der Waals surface area contributed by atoms with Crippen molar-refractivity contribution >= 4 is 146 Å². The molecule has 10 aliphatic carbocycles. The van der Waals surface area contributed by atoms with Crippen molar-refractivity contribution in [1.29, 1.82) is 1.28 Å². The summed E-state index contributed by atoms with van der Waals surface area (Å²) in [6, 6.07) is 18.8. The monoisotopic (exact) mass is 1740 g/mol. The molecule has 9 N–H and O–H groups in total. The Bertz CT molecular complexity index is 4530. The number of carbonyl (C=O) groups excluding carboxylic acids is 6. The predicted molar refractivity (Wildman–Crippen MR) is 462 cm³/mol. The maximum atomic E-state index is 13.1. The molecule has 1 aliphatic heterocycles. The van der Waals surface area contributed by atoms with Crippen LogP contribution in [0.4, 0.5) is 0 Å². The molecule has 13 rings (SSSR count). The van der Waals surface area contributed by atoms with Crippen molar-refractivity contribution in [2.45, 2.75) is 200 Å². The second-order valence-corrected chi connectivity index (χ2v) is 45.8. The van der Waals surface area contributed by atoms with Gasteiger partial charge in [-0.1, -0.05) is 166 Å². The number of rotatable bonds is 10. The molecule has 2 unspecified atom stereocenters. The summed E-state index contributed by atoms with van der Waals surface area (Å²) in [6.07, 6.45) is 11.3. The molecule has 0 amide bonds. The van der Waals surface area contributed by atoms with E-state index in [1.54, 1.807) is 118 Å². The molecular formula is C79H110N2O17P2S10. The van der Waals surface area contributed by atoms with Gasteiger partial charge >= 0.3 is 11.9 Å². The van der Waals surface area contributed by atoms with Crippen LogP contribution in [0.5, 0.6) is 0 Å². The van der Waals surface area contributed by atoms with Gasteiger partial charge in [-0.25, -0.2) is 0 Å². The fourth-order valence-electron chi connectivity index (χ4n) is 20.1. The lowest BCUT2D eigenvalue weighted by Crippen LogP contribution is -2.67. The third-order valence-electron chi connectivity index (χ3n) is 24.7. The van der Waals surface area contributed by atoms with Gasteiger partial charge in [0.25, 0.3) is 0 Å². The van der Waals surface area contributed by atoms with Crippen LogP contribution >= 0.6 is 17.8 Å². The largest absolute Gasteiger partial charge is 0.458 e. The van der Waals surface area contributed by atoms with Crippen LogP contribution in [0, 0.1) is 76.4 Å². The predicted octanol–water partition coefficient (Wildman–Crippen LogP) is 9.54. The number of carbonyl (C=O) groups is 6. The summed E-state index contributed by atoms with van der Waals surface area (Å²) in [4.78, 5) is 77.6. The van der Waals surface area contributed by atoms with Crippen LogP contribution in [0.3, 0.4) is 0 Å². The quantitative estimate of drug-likeness (QED) is 0.0607. The standard InChI is InChI=1S/C28H34N2O6.C28H34O6.C20H26O5.3CH4.H4P2.S10/c1-16-10-21-26(34,24(16)33)14-19(15-31)11-20-23-25(3,4)29-30-27(23,13-17(2)28(20,21)35)36-22(32)12-18-8-6-5-7-9-18;1-16-10-21-26(32,24(16)31)14-19(15-29)11-20-23-25(3,4)27(23,13-17(2)28(20,21)33)34-22(30)12-18-8-6-5-7-9-18;1-10(2)17-14-7-13(9-21)8-19(24)16(5-11(3)18(19)23)20(14,25)12(4)6-15(17)22;;;;1-2;1-3-5-7-9-10-8-6-4-2/h5-11,17,20-21,23,31,34-35H,12-15H2,1-4H3;5-11,17,20-21,23,29,32-33H,12-15H2,1-4H3;5,7,12,14,16-17,21,24-25H,1,6,8-9H2,2-4H3;3*1H4;1-2H2;/t2*17-,20+,21-,23-,26-,27+,28-;12-,14+,16-,17+,19-,20-;;;;;/m111...../s1/i;;;;;;1D;. The lowest BCUT2D eigenvalue weighted by atomic mass is 9.52. The Hall–Kier alpha value is -3.46. The number of ketones is 4. The summed E-state index contributed by atoms with van der Waals surface area (Å²) in [7, 11) is 15.2. The Morgan fingerprint density at radius 2 is 0.909 bits per heavy atom. The van der Waals surface area contributed by atoms with Gasteiger partial charge in [0.2, 0.25) is 5.72 Å². The number of nitrogens with zero attached hydrogens (tertiary/aromatic N) is 2. The van der Waals surface area contributed by atoms with E-state index in [2.05, 4.69) is 62.0 Å². The van der Waals surface area contributed by atoms with E-state index >= 15 is 0 Å². The number of hydrogen-bond acceptors (Lipinski definition) is 21. The number of allylic oxidation sites excluding steroid dienone is 1. The van der Waals surface area contributed by atoms with Gasteiger partial charge in [0.05, 0.1) is 62.2 Å². The van der Waals surface area contributed by atoms with Crippen molar-refractivity contribution in [3.8, 4) is 0 Å². The highest BCUT2D eigenvalue weighted by Gasteiger charge is 2.83. The minimum absolute atomic E-state index is 0. The van der Waals surface area contributed by atoms with Crippen LogP contribution in [0.1, 0.15) is 148 Å². The number of aliphatic hydroxyl groups is 9. The van der Waals surface area contributed by atoms with Gasteiger partial charge < -0.3 is 55.4 Å². The minimum atomic E-state index is -1.85. The first-order valence-electron chi connectivity index (χ1n) is 35.7. The molecule has 4 saturated carbocycles. The third-order valence-corrected chi connectivity index (χ3v) is 40.3. The molecule has 0 aromatic heterocycles. The number of ether oxygens (including phenoxy) is 2. The van der Waals surface area contributed by atoms with Crippen molar-refractivity contribution in [2.75, 3.05) is 19.8 Å². The number of benzene rings is 2. The van der Waals surface area contributed by atoms with Crippen molar-refractivity contribution in [2.24, 2.45) is 86.7 Å². The zero-order valence-electron chi connectivity index (χ0n) is 62.5. The Labute approximate surface area is 686 Å². The minimum Gasteiger partial charge on any atom is -0.458 e. The fraction of sp³-hybridized carbons (Fsp3) is 0.595. The van der Waals surface area contributed by atoms with Gasteiger partial charge in [-0.2, -0.15) is 5.11 Å². The Morgan fingerprint density at radius 3 is 1.29 bits per heavy atom. The van der Waals surface area contributed by atoms with Crippen LogP contribution in [-0.4, -0.2) is 153 Å². The molecule has 31 heteroatoms. The smallest absolute Gasteiger partial charge is 0.312 e. The number of aliphatic hydroxyl groups excluding tert-OH is 3. The maximum Gasteiger partial charge on any atom is 0.312 e. The summed E-state index contributed by atoms with van der Waals surface area (Å²) < 4.78 is 18.6. The molecule has 4 fully saturated rings. The summed E-state index contributed by atoms with van der Waals surface area (Å²) in [5, 5.41) is 110. The third kappa shape index (κ3) is 17.0. The SMILES string of the molecule is C.C.C.C=C(C)[C@@H]1C(=O)C[C@@H](C)[C@@]2(O)[C@H]1C=C(CO)C[C@]1(O)C(=O)C(C)=C[C@@H]21.CC1=C[C@H]2[C@@]3(O)[C@H](C)C[C@@]4(OC(=O)Cc5ccccc5)N=NC(C)(C)[C@H]4[C@@H]3C=C(CO)C[C@]2(O)C1=O.CC1=C[C@H]2[C@@]3(O)[C@H](C)C[C@]4(OC(=O)Cc5ccccc5)[C@H]([C@@H]3C=C(CO)C[C@]2(O)C1=O)C4(C)C.S=S=S=S=S=S=S=S=S=S.[2H]PP. The average Bonchev–Trinajstić information content (AvgIpc) is 1.47. The molecule has 0 radical (unpaired) electrons. The van der Waals surface area contributed by atoms with Gasteiger partial charge in [-0.3, -0.25) is 28.8 Å². The van der Waals surface area contributed by atoms with E-state index in [1.165, 1.54) is 17.8 Å². The molecular weight excluding hydrogens is 1630 g/mol.